The zero-order valence-electron chi connectivity index (χ0n) is 16.4. The first-order chi connectivity index (χ1) is 13.8. The van der Waals surface area contributed by atoms with Crippen molar-refractivity contribution in [1.82, 2.24) is 10.2 Å². The summed E-state index contributed by atoms with van der Waals surface area (Å²) in [6, 6.07) is 8.09. The van der Waals surface area contributed by atoms with Gasteiger partial charge in [0.25, 0.3) is 5.91 Å². The number of benzene rings is 1. The molecular weight excluding hydrogens is 431 g/mol. The lowest BCUT2D eigenvalue weighted by Crippen LogP contribution is -2.41. The number of likely N-dealkylation sites (N-methyl/N-ethyl adjacent to an activating group) is 1. The van der Waals surface area contributed by atoms with Crippen LogP contribution in [0.15, 0.2) is 30.3 Å². The van der Waals surface area contributed by atoms with Crippen LogP contribution in [-0.2, 0) is 4.79 Å². The molecule has 2 amide bonds. The van der Waals surface area contributed by atoms with Crippen LogP contribution in [-0.4, -0.2) is 56.0 Å². The second kappa shape index (κ2) is 9.80. The maximum atomic E-state index is 12.5. The number of nitrogens with zero attached hydrogens (tertiary/aromatic N) is 2. The quantitative estimate of drug-likeness (QED) is 0.717. The van der Waals surface area contributed by atoms with Crippen LogP contribution >= 0.6 is 34.5 Å². The van der Waals surface area contributed by atoms with Crippen molar-refractivity contribution in [2.24, 2.45) is 0 Å². The normalized spacial score (nSPS) is 16.2. The lowest BCUT2D eigenvalue weighted by atomic mass is 10.2. The number of thiophene rings is 1. The first-order valence-electron chi connectivity index (χ1n) is 9.43. The van der Waals surface area contributed by atoms with E-state index in [1.807, 2.05) is 12.1 Å². The Morgan fingerprint density at radius 2 is 1.90 bits per heavy atom. The lowest BCUT2D eigenvalue weighted by molar-refractivity contribution is -0.117. The Balaban J connectivity index is 1.60. The molecule has 1 saturated heterocycles. The molecule has 9 heteroatoms. The number of hydrogen-bond acceptors (Lipinski definition) is 5. The molecule has 2 aromatic rings. The van der Waals surface area contributed by atoms with Crippen LogP contribution in [0.2, 0.25) is 9.36 Å². The molecule has 2 N–H and O–H groups in total. The van der Waals surface area contributed by atoms with Crippen LogP contribution in [0.3, 0.4) is 0 Å². The monoisotopic (exact) mass is 454 g/mol. The fourth-order valence-corrected chi connectivity index (χ4v) is 4.39. The number of amides is 2. The molecule has 2 heterocycles. The van der Waals surface area contributed by atoms with E-state index in [9.17, 15) is 9.59 Å². The summed E-state index contributed by atoms with van der Waals surface area (Å²) in [5.74, 6) is -0.648. The smallest absolute Gasteiger partial charge is 0.262 e. The molecule has 0 saturated carbocycles. The van der Waals surface area contributed by atoms with Crippen LogP contribution in [0.25, 0.3) is 0 Å². The maximum absolute atomic E-state index is 12.5. The minimum Gasteiger partial charge on any atom is -0.369 e. The molecule has 3 rings (SSSR count). The lowest BCUT2D eigenvalue weighted by Gasteiger charge is -2.24. The molecule has 29 heavy (non-hydrogen) atoms. The Kier molecular flexibility index (Phi) is 7.40. The number of anilines is 2. The molecule has 0 bridgehead atoms. The third kappa shape index (κ3) is 5.85. The first-order valence-corrected chi connectivity index (χ1v) is 11.0. The fourth-order valence-electron chi connectivity index (χ4n) is 3.15. The molecular formula is C20H24Cl2N4O2S. The van der Waals surface area contributed by atoms with Gasteiger partial charge >= 0.3 is 0 Å². The molecule has 1 atom stereocenters. The van der Waals surface area contributed by atoms with Crippen molar-refractivity contribution in [1.29, 1.82) is 0 Å². The van der Waals surface area contributed by atoms with Gasteiger partial charge in [-0.15, -0.1) is 11.3 Å². The van der Waals surface area contributed by atoms with E-state index >= 15 is 0 Å². The summed E-state index contributed by atoms with van der Waals surface area (Å²) in [7, 11) is 2.12. The Morgan fingerprint density at radius 1 is 1.10 bits per heavy atom. The Bertz CT molecular complexity index is 889. The van der Waals surface area contributed by atoms with Gasteiger partial charge in [0, 0.05) is 25.3 Å². The van der Waals surface area contributed by atoms with E-state index in [-0.39, 0.29) is 11.8 Å². The van der Waals surface area contributed by atoms with Gasteiger partial charge in [-0.05, 0) is 57.3 Å². The molecule has 0 aliphatic carbocycles. The second-order valence-corrected chi connectivity index (χ2v) is 9.22. The highest BCUT2D eigenvalue weighted by Crippen LogP contribution is 2.29. The Labute approximate surface area is 184 Å². The predicted molar refractivity (Wildman–Crippen MR) is 121 cm³/mol. The van der Waals surface area contributed by atoms with Crippen molar-refractivity contribution in [3.8, 4) is 0 Å². The minimum absolute atomic E-state index is 0.318. The average molecular weight is 455 g/mol. The van der Waals surface area contributed by atoms with Gasteiger partial charge in [-0.1, -0.05) is 23.2 Å². The predicted octanol–water partition coefficient (Wildman–Crippen LogP) is 3.95. The van der Waals surface area contributed by atoms with E-state index in [1.165, 1.54) is 11.3 Å². The molecule has 0 spiro atoms. The van der Waals surface area contributed by atoms with Crippen LogP contribution in [0.5, 0.6) is 0 Å². The molecule has 1 fully saturated rings. The van der Waals surface area contributed by atoms with E-state index in [2.05, 4.69) is 27.5 Å². The number of rotatable bonds is 5. The number of halogens is 2. The summed E-state index contributed by atoms with van der Waals surface area (Å²) in [6.45, 7) is 5.56. The maximum Gasteiger partial charge on any atom is 0.262 e. The van der Waals surface area contributed by atoms with Crippen molar-refractivity contribution < 1.29 is 9.59 Å². The molecule has 156 valence electrons. The summed E-state index contributed by atoms with van der Waals surface area (Å²) in [6.07, 6.45) is 1.08. The molecule has 6 nitrogen and oxygen atoms in total. The van der Waals surface area contributed by atoms with E-state index < -0.39 is 6.04 Å². The van der Waals surface area contributed by atoms with Crippen molar-refractivity contribution in [3.63, 3.8) is 0 Å². The van der Waals surface area contributed by atoms with Crippen molar-refractivity contribution in [2.45, 2.75) is 19.4 Å². The number of hydrogen-bond donors (Lipinski definition) is 2. The van der Waals surface area contributed by atoms with Gasteiger partial charge in [-0.2, -0.15) is 0 Å². The number of nitrogens with one attached hydrogen (secondary N) is 2. The molecule has 1 unspecified atom stereocenters. The Hall–Kier alpha value is -1.80. The summed E-state index contributed by atoms with van der Waals surface area (Å²) in [5, 5.41) is 6.07. The van der Waals surface area contributed by atoms with E-state index in [0.717, 1.165) is 38.3 Å². The van der Waals surface area contributed by atoms with E-state index in [1.54, 1.807) is 25.1 Å². The third-order valence-corrected chi connectivity index (χ3v) is 6.35. The molecule has 1 aromatic heterocycles. The molecule has 0 radical (unpaired) electrons. The average Bonchev–Trinajstić information content (AvgIpc) is 3.00. The van der Waals surface area contributed by atoms with Gasteiger partial charge < -0.3 is 20.4 Å². The summed E-state index contributed by atoms with van der Waals surface area (Å²) in [4.78, 5) is 29.7. The second-order valence-electron chi connectivity index (χ2n) is 7.10. The summed E-state index contributed by atoms with van der Waals surface area (Å²) in [5.41, 5.74) is 1.56. The van der Waals surface area contributed by atoms with Crippen molar-refractivity contribution >= 4 is 57.7 Å². The molecule has 1 aliphatic heterocycles. The SMILES string of the molecule is CC(NC(=O)c1ccc(Cl)s1)C(=O)Nc1ccc(N2CCCN(C)CC2)c(Cl)c1. The number of carbonyl (C=O) groups is 2. The highest BCUT2D eigenvalue weighted by atomic mass is 35.5. The van der Waals surface area contributed by atoms with Crippen molar-refractivity contribution in [2.75, 3.05) is 43.4 Å². The zero-order chi connectivity index (χ0) is 21.0. The Morgan fingerprint density at radius 3 is 2.59 bits per heavy atom. The third-order valence-electron chi connectivity index (χ3n) is 4.81. The number of carbonyl (C=O) groups excluding carboxylic acids is 2. The van der Waals surface area contributed by atoms with Crippen LogP contribution in [0.4, 0.5) is 11.4 Å². The fraction of sp³-hybridized carbons (Fsp3) is 0.400. The van der Waals surface area contributed by atoms with Crippen LogP contribution in [0, 0.1) is 0 Å². The van der Waals surface area contributed by atoms with Crippen LogP contribution < -0.4 is 15.5 Å². The highest BCUT2D eigenvalue weighted by molar-refractivity contribution is 7.18. The van der Waals surface area contributed by atoms with E-state index in [4.69, 9.17) is 23.2 Å². The zero-order valence-corrected chi connectivity index (χ0v) is 18.7. The summed E-state index contributed by atoms with van der Waals surface area (Å²) < 4.78 is 0.526. The summed E-state index contributed by atoms with van der Waals surface area (Å²) >= 11 is 13.5. The largest absolute Gasteiger partial charge is 0.369 e. The first kappa shape index (κ1) is 21.9. The van der Waals surface area contributed by atoms with Gasteiger partial charge in [-0.3, -0.25) is 9.59 Å². The standard InChI is InChI=1S/C20H24Cl2N4O2S/c1-13(23-20(28)17-6-7-18(22)29-17)19(27)24-14-4-5-16(15(21)12-14)26-9-3-8-25(2)10-11-26/h4-7,12-13H,3,8-11H2,1-2H3,(H,23,28)(H,24,27). The van der Waals surface area contributed by atoms with Crippen LogP contribution in [0.1, 0.15) is 23.0 Å². The van der Waals surface area contributed by atoms with Crippen molar-refractivity contribution in [3.05, 3.63) is 44.6 Å². The van der Waals surface area contributed by atoms with Gasteiger partial charge in [0.2, 0.25) is 5.91 Å². The highest BCUT2D eigenvalue weighted by Gasteiger charge is 2.19. The molecule has 1 aromatic carbocycles. The van der Waals surface area contributed by atoms with E-state index in [0.29, 0.717) is 19.9 Å². The topological polar surface area (TPSA) is 64.7 Å². The van der Waals surface area contributed by atoms with Gasteiger partial charge in [0.15, 0.2) is 0 Å². The van der Waals surface area contributed by atoms with Gasteiger partial charge in [0.05, 0.1) is 19.9 Å². The molecule has 1 aliphatic rings. The van der Waals surface area contributed by atoms with Gasteiger partial charge in [0.1, 0.15) is 6.04 Å². The van der Waals surface area contributed by atoms with Gasteiger partial charge in [-0.25, -0.2) is 0 Å². The minimum atomic E-state index is -0.706.